The molecule has 8 heteroatoms. The number of thiophene rings is 1. The number of nitrogens with zero attached hydrogens (tertiary/aromatic N) is 2. The van der Waals surface area contributed by atoms with Gasteiger partial charge in [0.15, 0.2) is 11.5 Å². The van der Waals surface area contributed by atoms with E-state index in [9.17, 15) is 9.18 Å². The Balaban J connectivity index is 1.63. The highest BCUT2D eigenvalue weighted by molar-refractivity contribution is 7.09. The second kappa shape index (κ2) is 7.01. The van der Waals surface area contributed by atoms with Gasteiger partial charge in [-0.05, 0) is 30.0 Å². The lowest BCUT2D eigenvalue weighted by atomic mass is 10.3. The van der Waals surface area contributed by atoms with Crippen LogP contribution in [0, 0.1) is 5.82 Å². The number of anilines is 2. The molecule has 0 unspecified atom stereocenters. The third-order valence-electron chi connectivity index (χ3n) is 3.13. The molecule has 0 aliphatic carbocycles. The Morgan fingerprint density at radius 3 is 2.87 bits per heavy atom. The van der Waals surface area contributed by atoms with E-state index in [1.807, 2.05) is 17.5 Å². The second-order valence-electron chi connectivity index (χ2n) is 4.71. The Kier molecular flexibility index (Phi) is 4.62. The number of rotatable bonds is 6. The zero-order valence-electron chi connectivity index (χ0n) is 12.0. The standard InChI is InChI=1S/C15H14FN5OS/c16-11-5-1-2-6-12(11)18-14-13(19-21-20-14)15(22)17-8-7-10-4-3-9-23-10/h1-6,9H,7-8H2,(H,17,22)(H2,18,19,20,21). The summed E-state index contributed by atoms with van der Waals surface area (Å²) in [6.07, 6.45) is 0.747. The predicted molar refractivity (Wildman–Crippen MR) is 86.4 cm³/mol. The SMILES string of the molecule is O=C(NCCc1cccs1)c1n[nH]nc1Nc1ccccc1F. The van der Waals surface area contributed by atoms with Gasteiger partial charge in [0.25, 0.3) is 5.91 Å². The van der Waals surface area contributed by atoms with Crippen molar-refractivity contribution in [2.45, 2.75) is 6.42 Å². The number of aromatic amines is 1. The van der Waals surface area contributed by atoms with Gasteiger partial charge in [-0.2, -0.15) is 5.21 Å². The molecule has 3 N–H and O–H groups in total. The molecule has 0 radical (unpaired) electrons. The quantitative estimate of drug-likeness (QED) is 0.648. The zero-order chi connectivity index (χ0) is 16.1. The molecule has 2 heterocycles. The van der Waals surface area contributed by atoms with Gasteiger partial charge in [-0.1, -0.05) is 18.2 Å². The molecular formula is C15H14FN5OS. The van der Waals surface area contributed by atoms with Crippen LogP contribution in [0.5, 0.6) is 0 Å². The first-order chi connectivity index (χ1) is 11.2. The van der Waals surface area contributed by atoms with Crippen molar-refractivity contribution >= 4 is 28.7 Å². The summed E-state index contributed by atoms with van der Waals surface area (Å²) in [5, 5.41) is 17.6. The zero-order valence-corrected chi connectivity index (χ0v) is 12.9. The number of halogens is 1. The first kappa shape index (κ1) is 15.2. The van der Waals surface area contributed by atoms with Gasteiger partial charge < -0.3 is 10.6 Å². The molecule has 0 saturated carbocycles. The van der Waals surface area contributed by atoms with Crippen LogP contribution < -0.4 is 10.6 Å². The van der Waals surface area contributed by atoms with E-state index in [-0.39, 0.29) is 23.1 Å². The van der Waals surface area contributed by atoms with Crippen LogP contribution in [0.3, 0.4) is 0 Å². The fourth-order valence-electron chi connectivity index (χ4n) is 2.00. The monoisotopic (exact) mass is 331 g/mol. The minimum Gasteiger partial charge on any atom is -0.350 e. The summed E-state index contributed by atoms with van der Waals surface area (Å²) in [5.74, 6) is -0.613. The van der Waals surface area contributed by atoms with Crippen molar-refractivity contribution in [1.82, 2.24) is 20.7 Å². The first-order valence-corrected chi connectivity index (χ1v) is 7.85. The Hall–Kier alpha value is -2.74. The van der Waals surface area contributed by atoms with Crippen molar-refractivity contribution in [2.24, 2.45) is 0 Å². The Morgan fingerprint density at radius 2 is 2.09 bits per heavy atom. The van der Waals surface area contributed by atoms with Crippen molar-refractivity contribution < 1.29 is 9.18 Å². The minimum atomic E-state index is -0.431. The summed E-state index contributed by atoms with van der Waals surface area (Å²) in [4.78, 5) is 13.4. The van der Waals surface area contributed by atoms with Crippen LogP contribution in [-0.2, 0) is 6.42 Å². The number of nitrogens with one attached hydrogen (secondary N) is 3. The fraction of sp³-hybridized carbons (Fsp3) is 0.133. The largest absolute Gasteiger partial charge is 0.350 e. The molecule has 118 valence electrons. The number of hydrogen-bond donors (Lipinski definition) is 3. The van der Waals surface area contributed by atoms with E-state index in [1.165, 1.54) is 10.9 Å². The van der Waals surface area contributed by atoms with Gasteiger partial charge in [0.1, 0.15) is 5.82 Å². The van der Waals surface area contributed by atoms with Gasteiger partial charge in [-0.25, -0.2) is 4.39 Å². The van der Waals surface area contributed by atoms with Gasteiger partial charge in [0.05, 0.1) is 5.69 Å². The molecule has 6 nitrogen and oxygen atoms in total. The summed E-state index contributed by atoms with van der Waals surface area (Å²) >= 11 is 1.64. The van der Waals surface area contributed by atoms with Crippen molar-refractivity contribution in [1.29, 1.82) is 0 Å². The van der Waals surface area contributed by atoms with Crippen LogP contribution in [0.1, 0.15) is 15.4 Å². The Morgan fingerprint density at radius 1 is 1.22 bits per heavy atom. The lowest BCUT2D eigenvalue weighted by Crippen LogP contribution is -2.26. The maximum absolute atomic E-state index is 13.7. The van der Waals surface area contributed by atoms with E-state index in [1.54, 1.807) is 29.5 Å². The summed E-state index contributed by atoms with van der Waals surface area (Å²) in [5.41, 5.74) is 0.327. The Bertz CT molecular complexity index is 787. The van der Waals surface area contributed by atoms with E-state index in [0.717, 1.165) is 6.42 Å². The average Bonchev–Trinajstić information content (AvgIpc) is 3.21. The molecule has 0 aliphatic rings. The molecule has 2 aromatic heterocycles. The molecule has 0 bridgehead atoms. The van der Waals surface area contributed by atoms with E-state index in [4.69, 9.17) is 0 Å². The Labute approximate surface area is 135 Å². The smallest absolute Gasteiger partial charge is 0.275 e. The highest BCUT2D eigenvalue weighted by Gasteiger charge is 2.17. The highest BCUT2D eigenvalue weighted by Crippen LogP contribution is 2.19. The summed E-state index contributed by atoms with van der Waals surface area (Å²) < 4.78 is 13.7. The van der Waals surface area contributed by atoms with E-state index < -0.39 is 5.82 Å². The lowest BCUT2D eigenvalue weighted by Gasteiger charge is -2.06. The summed E-state index contributed by atoms with van der Waals surface area (Å²) in [7, 11) is 0. The van der Waals surface area contributed by atoms with E-state index >= 15 is 0 Å². The normalized spacial score (nSPS) is 10.5. The average molecular weight is 331 g/mol. The predicted octanol–water partition coefficient (Wildman–Crippen LogP) is 2.72. The molecule has 3 rings (SSSR count). The van der Waals surface area contributed by atoms with Crippen LogP contribution in [0.2, 0.25) is 0 Å². The maximum Gasteiger partial charge on any atom is 0.275 e. The molecule has 23 heavy (non-hydrogen) atoms. The van der Waals surface area contributed by atoms with Crippen molar-refractivity contribution in [3.05, 3.63) is 58.2 Å². The van der Waals surface area contributed by atoms with Gasteiger partial charge in [-0.15, -0.1) is 21.5 Å². The van der Waals surface area contributed by atoms with Crippen molar-refractivity contribution in [3.8, 4) is 0 Å². The third-order valence-corrected chi connectivity index (χ3v) is 4.06. The number of para-hydroxylation sites is 1. The number of amides is 1. The number of carbonyl (C=O) groups excluding carboxylic acids is 1. The summed E-state index contributed by atoms with van der Waals surface area (Å²) in [6, 6.07) is 10.1. The molecule has 0 spiro atoms. The van der Waals surface area contributed by atoms with Crippen LogP contribution >= 0.6 is 11.3 Å². The minimum absolute atomic E-state index is 0.0967. The number of hydrogen-bond acceptors (Lipinski definition) is 5. The lowest BCUT2D eigenvalue weighted by molar-refractivity contribution is 0.0950. The number of H-pyrrole nitrogens is 1. The number of carbonyl (C=O) groups is 1. The number of benzene rings is 1. The van der Waals surface area contributed by atoms with Crippen LogP contribution in [0.15, 0.2) is 41.8 Å². The van der Waals surface area contributed by atoms with Crippen LogP contribution in [0.4, 0.5) is 15.9 Å². The number of aromatic nitrogens is 3. The molecule has 0 atom stereocenters. The third kappa shape index (κ3) is 3.72. The van der Waals surface area contributed by atoms with Crippen molar-refractivity contribution in [3.63, 3.8) is 0 Å². The van der Waals surface area contributed by atoms with E-state index in [0.29, 0.717) is 6.54 Å². The van der Waals surface area contributed by atoms with Crippen LogP contribution in [0.25, 0.3) is 0 Å². The molecule has 0 aliphatic heterocycles. The van der Waals surface area contributed by atoms with Gasteiger partial charge in [0, 0.05) is 11.4 Å². The highest BCUT2D eigenvalue weighted by atomic mass is 32.1. The molecule has 0 saturated heterocycles. The molecular weight excluding hydrogens is 317 g/mol. The van der Waals surface area contributed by atoms with Gasteiger partial charge in [0.2, 0.25) is 0 Å². The maximum atomic E-state index is 13.7. The molecule has 3 aromatic rings. The topological polar surface area (TPSA) is 82.7 Å². The van der Waals surface area contributed by atoms with Gasteiger partial charge >= 0.3 is 0 Å². The second-order valence-corrected chi connectivity index (χ2v) is 5.74. The van der Waals surface area contributed by atoms with Crippen molar-refractivity contribution in [2.75, 3.05) is 11.9 Å². The summed E-state index contributed by atoms with van der Waals surface area (Å²) in [6.45, 7) is 0.491. The first-order valence-electron chi connectivity index (χ1n) is 6.97. The molecule has 1 amide bonds. The van der Waals surface area contributed by atoms with Gasteiger partial charge in [-0.3, -0.25) is 4.79 Å². The molecule has 1 aromatic carbocycles. The van der Waals surface area contributed by atoms with Crippen LogP contribution in [-0.4, -0.2) is 27.9 Å². The van der Waals surface area contributed by atoms with E-state index in [2.05, 4.69) is 26.0 Å². The molecule has 0 fully saturated rings. The fourth-order valence-corrected chi connectivity index (χ4v) is 2.71.